The van der Waals surface area contributed by atoms with Crippen molar-refractivity contribution in [1.82, 2.24) is 25.6 Å². The summed E-state index contributed by atoms with van der Waals surface area (Å²) in [6.45, 7) is 12.7. The molecule has 28 heavy (non-hydrogen) atoms. The number of aliphatic imine (C=N–C) groups is 1. The van der Waals surface area contributed by atoms with E-state index in [1.165, 1.54) is 11.3 Å². The molecule has 0 unspecified atom stereocenters. The highest BCUT2D eigenvalue weighted by molar-refractivity contribution is 14.0. The van der Waals surface area contributed by atoms with Crippen LogP contribution in [0.25, 0.3) is 0 Å². The zero-order valence-corrected chi connectivity index (χ0v) is 20.3. The van der Waals surface area contributed by atoms with Crippen molar-refractivity contribution in [3.05, 3.63) is 34.5 Å². The first kappa shape index (κ1) is 24.5. The van der Waals surface area contributed by atoms with Crippen LogP contribution in [0.5, 0.6) is 0 Å². The van der Waals surface area contributed by atoms with Crippen LogP contribution in [0, 0.1) is 13.8 Å². The van der Waals surface area contributed by atoms with E-state index in [4.69, 9.17) is 4.52 Å². The number of aromatic nitrogens is 3. The molecule has 0 aliphatic rings. The maximum Gasteiger partial charge on any atom is 0.191 e. The number of nitrogens with zero attached hydrogens (tertiary/aromatic N) is 4. The molecule has 2 aromatic heterocycles. The first-order valence-corrected chi connectivity index (χ1v) is 9.96. The van der Waals surface area contributed by atoms with E-state index in [-0.39, 0.29) is 24.0 Å². The van der Waals surface area contributed by atoms with Crippen molar-refractivity contribution in [1.29, 1.82) is 0 Å². The van der Waals surface area contributed by atoms with Gasteiger partial charge in [-0.05, 0) is 45.6 Å². The fourth-order valence-corrected chi connectivity index (χ4v) is 3.29. The normalized spacial score (nSPS) is 11.6. The second-order valence-corrected chi connectivity index (χ2v) is 6.88. The molecule has 2 rings (SSSR count). The smallest absolute Gasteiger partial charge is 0.191 e. The van der Waals surface area contributed by atoms with Gasteiger partial charge in [-0.25, -0.2) is 4.99 Å². The summed E-state index contributed by atoms with van der Waals surface area (Å²) in [6, 6.07) is 2.03. The van der Waals surface area contributed by atoms with Crippen LogP contribution < -0.4 is 10.6 Å². The number of guanidine groups is 1. The van der Waals surface area contributed by atoms with Gasteiger partial charge in [0.15, 0.2) is 11.7 Å². The zero-order valence-electron chi connectivity index (χ0n) is 18.0. The third-order valence-corrected chi connectivity index (χ3v) is 5.04. The molecule has 0 atom stereocenters. The molecule has 2 N–H and O–H groups in total. The Balaban J connectivity index is 0.00000392. The molecular formula is C20H35IN6O. The van der Waals surface area contributed by atoms with Crippen molar-refractivity contribution < 1.29 is 4.52 Å². The summed E-state index contributed by atoms with van der Waals surface area (Å²) in [6.07, 6.45) is 3.06. The van der Waals surface area contributed by atoms with Crippen molar-refractivity contribution >= 4 is 29.9 Å². The third kappa shape index (κ3) is 6.49. The van der Waals surface area contributed by atoms with Crippen LogP contribution in [0.15, 0.2) is 15.6 Å². The molecule has 158 valence electrons. The van der Waals surface area contributed by atoms with Crippen LogP contribution in [-0.4, -0.2) is 34.0 Å². The molecule has 0 amide bonds. The Morgan fingerprint density at radius 1 is 1.21 bits per heavy atom. The molecule has 2 heterocycles. The van der Waals surface area contributed by atoms with Crippen LogP contribution in [0.4, 0.5) is 0 Å². The van der Waals surface area contributed by atoms with Gasteiger partial charge in [-0.3, -0.25) is 4.68 Å². The minimum absolute atomic E-state index is 0. The first-order valence-electron chi connectivity index (χ1n) is 9.96. The highest BCUT2D eigenvalue weighted by Gasteiger charge is 2.13. The average molecular weight is 502 g/mol. The van der Waals surface area contributed by atoms with Crippen molar-refractivity contribution in [3.8, 4) is 0 Å². The molecule has 2 aromatic rings. The minimum atomic E-state index is 0. The summed E-state index contributed by atoms with van der Waals surface area (Å²) < 4.78 is 7.40. The molecule has 0 saturated heterocycles. The third-order valence-electron chi connectivity index (χ3n) is 5.04. The summed E-state index contributed by atoms with van der Waals surface area (Å²) >= 11 is 0. The lowest BCUT2D eigenvalue weighted by Crippen LogP contribution is -2.38. The lowest BCUT2D eigenvalue weighted by atomic mass is 9.99. The molecule has 0 aliphatic carbocycles. The van der Waals surface area contributed by atoms with Gasteiger partial charge in [0.05, 0.1) is 11.4 Å². The van der Waals surface area contributed by atoms with Crippen molar-refractivity contribution in [2.24, 2.45) is 12.0 Å². The Bertz CT molecular complexity index is 748. The maximum absolute atomic E-state index is 5.46. The van der Waals surface area contributed by atoms with Gasteiger partial charge in [-0.2, -0.15) is 5.10 Å². The van der Waals surface area contributed by atoms with Gasteiger partial charge in [0, 0.05) is 37.8 Å². The molecule has 0 saturated carbocycles. The number of aryl methyl sites for hydroxylation is 2. The van der Waals surface area contributed by atoms with Crippen molar-refractivity contribution in [2.75, 3.05) is 13.1 Å². The minimum Gasteiger partial charge on any atom is -0.359 e. The van der Waals surface area contributed by atoms with Crippen molar-refractivity contribution in [3.63, 3.8) is 0 Å². The number of rotatable bonds is 9. The Kier molecular flexibility index (Phi) is 10.6. The zero-order chi connectivity index (χ0) is 19.8. The van der Waals surface area contributed by atoms with Crippen LogP contribution in [0.1, 0.15) is 67.9 Å². The summed E-state index contributed by atoms with van der Waals surface area (Å²) in [5.41, 5.74) is 4.64. The number of nitrogens with one attached hydrogen (secondary N) is 2. The maximum atomic E-state index is 5.46. The Labute approximate surface area is 185 Å². The summed E-state index contributed by atoms with van der Waals surface area (Å²) in [4.78, 5) is 4.63. The monoisotopic (exact) mass is 502 g/mol. The second kappa shape index (κ2) is 12.1. The highest BCUT2D eigenvalue weighted by Crippen LogP contribution is 2.22. The van der Waals surface area contributed by atoms with Crippen LogP contribution >= 0.6 is 24.0 Å². The summed E-state index contributed by atoms with van der Waals surface area (Å²) in [5.74, 6) is 2.05. The van der Waals surface area contributed by atoms with Gasteiger partial charge in [-0.15, -0.1) is 24.0 Å². The largest absolute Gasteiger partial charge is 0.359 e. The van der Waals surface area contributed by atoms with E-state index in [9.17, 15) is 0 Å². The molecular weight excluding hydrogens is 467 g/mol. The molecule has 0 bridgehead atoms. The molecule has 7 nitrogen and oxygen atoms in total. The lowest BCUT2D eigenvalue weighted by molar-refractivity contribution is 0.372. The summed E-state index contributed by atoms with van der Waals surface area (Å²) in [7, 11) is 1.98. The van der Waals surface area contributed by atoms with Gasteiger partial charge in [-0.1, -0.05) is 19.0 Å². The van der Waals surface area contributed by atoms with E-state index in [1.807, 2.05) is 17.8 Å². The van der Waals surface area contributed by atoms with Gasteiger partial charge >= 0.3 is 0 Å². The lowest BCUT2D eigenvalue weighted by Gasteiger charge is -2.11. The molecule has 0 aromatic carbocycles. The van der Waals surface area contributed by atoms with Gasteiger partial charge < -0.3 is 15.2 Å². The molecule has 0 fully saturated rings. The second-order valence-electron chi connectivity index (χ2n) is 6.88. The first-order chi connectivity index (χ1) is 13.0. The Morgan fingerprint density at radius 3 is 2.50 bits per heavy atom. The fraction of sp³-hybridized carbons (Fsp3) is 0.650. The fourth-order valence-electron chi connectivity index (χ4n) is 3.29. The predicted octanol–water partition coefficient (Wildman–Crippen LogP) is 3.84. The van der Waals surface area contributed by atoms with E-state index >= 15 is 0 Å². The SMILES string of the molecule is CCNC(=NCc1cc(C(CC)CC)no1)NCCc1c(C)nn(C)c1C.I. The molecule has 8 heteroatoms. The van der Waals surface area contributed by atoms with Crippen LogP contribution in [0.2, 0.25) is 0 Å². The average Bonchev–Trinajstić information content (AvgIpc) is 3.20. The number of hydrogen-bond donors (Lipinski definition) is 2. The van der Waals surface area contributed by atoms with E-state index in [1.54, 1.807) is 0 Å². The Morgan fingerprint density at radius 2 is 1.93 bits per heavy atom. The Hall–Kier alpha value is -1.58. The summed E-state index contributed by atoms with van der Waals surface area (Å²) in [5, 5.41) is 15.4. The number of halogens is 1. The van der Waals surface area contributed by atoms with Gasteiger partial charge in [0.25, 0.3) is 0 Å². The molecule has 0 spiro atoms. The standard InChI is InChI=1S/C20H34N6O.HI/c1-7-16(8-2)19-12-17(27-25-19)13-23-20(21-9-3)22-11-10-18-14(4)24-26(6)15(18)5;/h12,16H,7-11,13H2,1-6H3,(H2,21,22,23);1H. The highest BCUT2D eigenvalue weighted by atomic mass is 127. The number of hydrogen-bond acceptors (Lipinski definition) is 4. The molecule has 0 radical (unpaired) electrons. The van der Waals surface area contributed by atoms with E-state index in [0.29, 0.717) is 12.5 Å². The van der Waals surface area contributed by atoms with Crippen LogP contribution in [-0.2, 0) is 20.0 Å². The van der Waals surface area contributed by atoms with Gasteiger partial charge in [0.2, 0.25) is 0 Å². The predicted molar refractivity (Wildman–Crippen MR) is 124 cm³/mol. The topological polar surface area (TPSA) is 80.3 Å². The quantitative estimate of drug-likeness (QED) is 0.310. The van der Waals surface area contributed by atoms with E-state index in [2.05, 4.69) is 60.5 Å². The van der Waals surface area contributed by atoms with E-state index < -0.39 is 0 Å². The van der Waals surface area contributed by atoms with Crippen LogP contribution in [0.3, 0.4) is 0 Å². The van der Waals surface area contributed by atoms with Gasteiger partial charge in [0.1, 0.15) is 6.54 Å². The molecule has 0 aliphatic heterocycles. The van der Waals surface area contributed by atoms with Crippen molar-refractivity contribution in [2.45, 2.75) is 66.3 Å². The van der Waals surface area contributed by atoms with E-state index in [0.717, 1.165) is 55.5 Å².